The number of amides is 3. The maximum absolute atomic E-state index is 12.5. The van der Waals surface area contributed by atoms with E-state index in [1.54, 1.807) is 24.3 Å². The number of primary amides is 1. The number of aliphatic carboxylic acids is 1. The number of carboxylic acid groups (broad SMARTS) is 1. The topological polar surface area (TPSA) is 229 Å². The number of hydrogen-bond donors (Lipinski definition) is 7. The number of carbonyl (C=O) groups is 4. The quantitative estimate of drug-likeness (QED) is 0.0995. The second-order valence-corrected chi connectivity index (χ2v) is 6.87. The SMILES string of the molecule is NC(=O)[C@H](CCCN=C(N)N)NC(=O)[C@H](CC(=O)O)NC(=O)[C@@H](N)Cc1ccccc1. The van der Waals surface area contributed by atoms with Crippen molar-refractivity contribution < 1.29 is 24.3 Å². The molecule has 12 heteroatoms. The van der Waals surface area contributed by atoms with Crippen LogP contribution in [0.5, 0.6) is 0 Å². The van der Waals surface area contributed by atoms with E-state index in [0.29, 0.717) is 6.42 Å². The highest BCUT2D eigenvalue weighted by Crippen LogP contribution is 2.04. The van der Waals surface area contributed by atoms with E-state index in [1.807, 2.05) is 6.07 Å². The van der Waals surface area contributed by atoms with Gasteiger partial charge in [-0.15, -0.1) is 0 Å². The number of carboxylic acids is 1. The first-order chi connectivity index (χ1) is 14.6. The Bertz CT molecular complexity index is 796. The highest BCUT2D eigenvalue weighted by atomic mass is 16.4. The molecule has 1 aromatic carbocycles. The van der Waals surface area contributed by atoms with E-state index in [-0.39, 0.29) is 25.3 Å². The summed E-state index contributed by atoms with van der Waals surface area (Å²) in [5.74, 6) is -3.82. The highest BCUT2D eigenvalue weighted by Gasteiger charge is 2.29. The number of carbonyl (C=O) groups excluding carboxylic acids is 3. The molecular formula is C19H29N7O5. The molecule has 0 saturated carbocycles. The van der Waals surface area contributed by atoms with Gasteiger partial charge in [-0.2, -0.15) is 0 Å². The zero-order chi connectivity index (χ0) is 23.4. The molecule has 0 aliphatic rings. The molecule has 0 bridgehead atoms. The molecule has 0 radical (unpaired) electrons. The first kappa shape index (κ1) is 25.4. The molecule has 11 N–H and O–H groups in total. The lowest BCUT2D eigenvalue weighted by Gasteiger charge is -2.22. The van der Waals surface area contributed by atoms with Crippen molar-refractivity contribution in [2.75, 3.05) is 6.54 Å². The molecule has 3 atom stereocenters. The zero-order valence-corrected chi connectivity index (χ0v) is 17.0. The van der Waals surface area contributed by atoms with E-state index >= 15 is 0 Å². The summed E-state index contributed by atoms with van der Waals surface area (Å²) in [5, 5.41) is 13.8. The molecular weight excluding hydrogens is 406 g/mol. The highest BCUT2D eigenvalue weighted by molar-refractivity contribution is 5.94. The molecule has 0 aromatic heterocycles. The third-order valence-corrected chi connectivity index (χ3v) is 4.25. The first-order valence-corrected chi connectivity index (χ1v) is 9.57. The normalized spacial score (nSPS) is 13.3. The average molecular weight is 435 g/mol. The molecule has 0 aliphatic carbocycles. The smallest absolute Gasteiger partial charge is 0.305 e. The van der Waals surface area contributed by atoms with Gasteiger partial charge in [-0.25, -0.2) is 0 Å². The number of hydrogen-bond acceptors (Lipinski definition) is 6. The lowest BCUT2D eigenvalue weighted by molar-refractivity contribution is -0.141. The van der Waals surface area contributed by atoms with Gasteiger partial charge in [-0.3, -0.25) is 24.2 Å². The minimum atomic E-state index is -1.44. The standard InChI is InChI=1S/C19H29N7O5/c20-12(9-11-5-2-1-3-6-11)17(30)26-14(10-15(27)28)18(31)25-13(16(21)29)7-4-8-24-19(22)23/h1-3,5-6,12-14H,4,7-10,20H2,(H2,21,29)(H,25,31)(H,26,30)(H,27,28)(H4,22,23,24)/t12-,13-,14-/m0/s1. The van der Waals surface area contributed by atoms with Gasteiger partial charge in [0, 0.05) is 6.54 Å². The number of nitrogens with zero attached hydrogens (tertiary/aromatic N) is 1. The Morgan fingerprint density at radius 3 is 2.13 bits per heavy atom. The molecule has 1 rings (SSSR count). The summed E-state index contributed by atoms with van der Waals surface area (Å²) in [6, 6.07) is 5.44. The van der Waals surface area contributed by atoms with Crippen LogP contribution in [0, 0.1) is 0 Å². The molecule has 1 aromatic rings. The summed E-state index contributed by atoms with van der Waals surface area (Å²) >= 11 is 0. The van der Waals surface area contributed by atoms with Crippen LogP contribution in [-0.4, -0.2) is 59.4 Å². The monoisotopic (exact) mass is 435 g/mol. The largest absolute Gasteiger partial charge is 0.481 e. The fourth-order valence-electron chi connectivity index (χ4n) is 2.68. The second-order valence-electron chi connectivity index (χ2n) is 6.87. The molecule has 170 valence electrons. The molecule has 0 spiro atoms. The molecule has 0 aliphatic heterocycles. The maximum Gasteiger partial charge on any atom is 0.305 e. The number of guanidine groups is 1. The summed E-state index contributed by atoms with van der Waals surface area (Å²) in [6.45, 7) is 0.214. The van der Waals surface area contributed by atoms with Crippen LogP contribution in [-0.2, 0) is 25.6 Å². The predicted molar refractivity (Wildman–Crippen MR) is 113 cm³/mol. The van der Waals surface area contributed by atoms with Gasteiger partial charge in [-0.1, -0.05) is 30.3 Å². The van der Waals surface area contributed by atoms with Crippen LogP contribution in [0.1, 0.15) is 24.8 Å². The van der Waals surface area contributed by atoms with E-state index < -0.39 is 48.2 Å². The van der Waals surface area contributed by atoms with E-state index in [4.69, 9.17) is 28.0 Å². The van der Waals surface area contributed by atoms with Crippen molar-refractivity contribution in [3.8, 4) is 0 Å². The number of nitrogens with one attached hydrogen (secondary N) is 2. The molecule has 0 saturated heterocycles. The summed E-state index contributed by atoms with van der Waals surface area (Å²) in [7, 11) is 0. The Hall–Kier alpha value is -3.67. The zero-order valence-electron chi connectivity index (χ0n) is 17.0. The van der Waals surface area contributed by atoms with Crippen LogP contribution in [0.2, 0.25) is 0 Å². The number of benzene rings is 1. The van der Waals surface area contributed by atoms with Gasteiger partial charge in [0.1, 0.15) is 12.1 Å². The van der Waals surface area contributed by atoms with Crippen LogP contribution in [0.4, 0.5) is 0 Å². The van der Waals surface area contributed by atoms with Crippen molar-refractivity contribution in [1.82, 2.24) is 10.6 Å². The van der Waals surface area contributed by atoms with Crippen molar-refractivity contribution in [1.29, 1.82) is 0 Å². The Kier molecular flexibility index (Phi) is 10.5. The second kappa shape index (κ2) is 12.8. The van der Waals surface area contributed by atoms with Crippen molar-refractivity contribution >= 4 is 29.7 Å². The minimum Gasteiger partial charge on any atom is -0.481 e. The average Bonchev–Trinajstić information content (AvgIpc) is 2.69. The summed E-state index contributed by atoms with van der Waals surface area (Å²) in [5.41, 5.74) is 22.4. The maximum atomic E-state index is 12.5. The Morgan fingerprint density at radius 2 is 1.58 bits per heavy atom. The van der Waals surface area contributed by atoms with Crippen LogP contribution in [0.25, 0.3) is 0 Å². The van der Waals surface area contributed by atoms with Crippen LogP contribution in [0.15, 0.2) is 35.3 Å². The third-order valence-electron chi connectivity index (χ3n) is 4.25. The Balaban J connectivity index is 2.75. The lowest BCUT2D eigenvalue weighted by atomic mass is 10.0. The predicted octanol–water partition coefficient (Wildman–Crippen LogP) is -2.46. The van der Waals surface area contributed by atoms with Crippen molar-refractivity contribution in [3.63, 3.8) is 0 Å². The van der Waals surface area contributed by atoms with Gasteiger partial charge < -0.3 is 38.7 Å². The van der Waals surface area contributed by atoms with Crippen LogP contribution < -0.4 is 33.6 Å². The van der Waals surface area contributed by atoms with Crippen LogP contribution in [0.3, 0.4) is 0 Å². The Labute approximate surface area is 179 Å². The molecule has 3 amide bonds. The van der Waals surface area contributed by atoms with Crippen molar-refractivity contribution in [2.24, 2.45) is 27.9 Å². The molecule has 0 heterocycles. The van der Waals surface area contributed by atoms with Crippen molar-refractivity contribution in [2.45, 2.75) is 43.8 Å². The summed E-state index contributed by atoms with van der Waals surface area (Å²) in [6.07, 6.45) is -0.0410. The summed E-state index contributed by atoms with van der Waals surface area (Å²) < 4.78 is 0. The Morgan fingerprint density at radius 1 is 0.968 bits per heavy atom. The van der Waals surface area contributed by atoms with Crippen molar-refractivity contribution in [3.05, 3.63) is 35.9 Å². The number of rotatable bonds is 13. The van der Waals surface area contributed by atoms with Gasteiger partial charge in [0.25, 0.3) is 0 Å². The minimum absolute atomic E-state index is 0.115. The van der Waals surface area contributed by atoms with E-state index in [0.717, 1.165) is 5.56 Å². The van der Waals surface area contributed by atoms with E-state index in [9.17, 15) is 19.2 Å². The van der Waals surface area contributed by atoms with Crippen LogP contribution >= 0.6 is 0 Å². The molecule has 0 fully saturated rings. The number of nitrogens with two attached hydrogens (primary N) is 4. The molecule has 12 nitrogen and oxygen atoms in total. The van der Waals surface area contributed by atoms with E-state index in [1.165, 1.54) is 0 Å². The summed E-state index contributed by atoms with van der Waals surface area (Å²) in [4.78, 5) is 51.5. The lowest BCUT2D eigenvalue weighted by Crippen LogP contribution is -2.56. The fraction of sp³-hybridized carbons (Fsp3) is 0.421. The fourth-order valence-corrected chi connectivity index (χ4v) is 2.68. The van der Waals surface area contributed by atoms with Gasteiger partial charge >= 0.3 is 5.97 Å². The number of aliphatic imine (C=N–C) groups is 1. The van der Waals surface area contributed by atoms with Gasteiger partial charge in [-0.05, 0) is 24.8 Å². The van der Waals surface area contributed by atoms with E-state index in [2.05, 4.69) is 15.6 Å². The van der Waals surface area contributed by atoms with Gasteiger partial charge in [0.15, 0.2) is 5.96 Å². The molecule has 0 unspecified atom stereocenters. The first-order valence-electron chi connectivity index (χ1n) is 9.57. The van der Waals surface area contributed by atoms with Gasteiger partial charge in [0.2, 0.25) is 17.7 Å². The molecule has 31 heavy (non-hydrogen) atoms. The third kappa shape index (κ3) is 10.1. The van der Waals surface area contributed by atoms with Gasteiger partial charge in [0.05, 0.1) is 12.5 Å².